The van der Waals surface area contributed by atoms with E-state index in [1.807, 2.05) is 6.92 Å². The molecule has 1 N–H and O–H groups in total. The van der Waals surface area contributed by atoms with Crippen LogP contribution in [0.25, 0.3) is 0 Å². The summed E-state index contributed by atoms with van der Waals surface area (Å²) in [5.41, 5.74) is 0. The van der Waals surface area contributed by atoms with Crippen LogP contribution in [0.5, 0.6) is 0 Å². The highest BCUT2D eigenvalue weighted by molar-refractivity contribution is 7.15. The SMILES string of the molecule is CCCCOC(=O)CCC(O)c1ccc([N+](=O)[O-])s1. The predicted octanol–water partition coefficient (Wildman–Crippen LogP) is 2.81. The van der Waals surface area contributed by atoms with Crippen molar-refractivity contribution in [3.05, 3.63) is 27.1 Å². The molecule has 106 valence electrons. The van der Waals surface area contributed by atoms with Crippen LogP contribution in [-0.2, 0) is 9.53 Å². The smallest absolute Gasteiger partial charge is 0.324 e. The second kappa shape index (κ2) is 7.85. The van der Waals surface area contributed by atoms with Gasteiger partial charge in [-0.1, -0.05) is 24.7 Å². The zero-order chi connectivity index (χ0) is 14.3. The van der Waals surface area contributed by atoms with E-state index in [2.05, 4.69) is 0 Å². The summed E-state index contributed by atoms with van der Waals surface area (Å²) in [7, 11) is 0. The molecule has 1 rings (SSSR count). The van der Waals surface area contributed by atoms with Gasteiger partial charge in [0.1, 0.15) is 0 Å². The van der Waals surface area contributed by atoms with Gasteiger partial charge in [-0.25, -0.2) is 0 Å². The molecule has 1 heterocycles. The zero-order valence-electron chi connectivity index (χ0n) is 10.7. The summed E-state index contributed by atoms with van der Waals surface area (Å²) in [6, 6.07) is 2.86. The van der Waals surface area contributed by atoms with Gasteiger partial charge in [0, 0.05) is 17.4 Å². The van der Waals surface area contributed by atoms with Crippen LogP contribution in [0.1, 0.15) is 43.6 Å². The Bertz CT molecular complexity index is 432. The second-order valence-corrected chi connectivity index (χ2v) is 5.16. The number of rotatable bonds is 8. The van der Waals surface area contributed by atoms with Gasteiger partial charge in [-0.3, -0.25) is 14.9 Å². The Morgan fingerprint density at radius 2 is 2.32 bits per heavy atom. The lowest BCUT2D eigenvalue weighted by molar-refractivity contribution is -0.380. The maximum Gasteiger partial charge on any atom is 0.324 e. The molecule has 0 saturated heterocycles. The molecule has 0 bridgehead atoms. The third kappa shape index (κ3) is 5.35. The number of carbonyl (C=O) groups is 1. The van der Waals surface area contributed by atoms with Crippen LogP contribution >= 0.6 is 11.3 Å². The topological polar surface area (TPSA) is 89.7 Å². The summed E-state index contributed by atoms with van der Waals surface area (Å²) in [5.74, 6) is -0.349. The molecule has 6 nitrogen and oxygen atoms in total. The monoisotopic (exact) mass is 287 g/mol. The van der Waals surface area contributed by atoms with Crippen molar-refractivity contribution < 1.29 is 19.6 Å². The summed E-state index contributed by atoms with van der Waals surface area (Å²) >= 11 is 0.921. The molecule has 0 fully saturated rings. The lowest BCUT2D eigenvalue weighted by Gasteiger charge is -2.07. The lowest BCUT2D eigenvalue weighted by atomic mass is 10.2. The number of hydrogen-bond acceptors (Lipinski definition) is 6. The lowest BCUT2D eigenvalue weighted by Crippen LogP contribution is -2.07. The van der Waals surface area contributed by atoms with Gasteiger partial charge in [0.05, 0.1) is 17.6 Å². The summed E-state index contributed by atoms with van der Waals surface area (Å²) in [6.07, 6.45) is 1.23. The Balaban J connectivity index is 2.35. The predicted molar refractivity (Wildman–Crippen MR) is 71.0 cm³/mol. The van der Waals surface area contributed by atoms with Crippen molar-refractivity contribution in [2.75, 3.05) is 6.61 Å². The van der Waals surface area contributed by atoms with Crippen LogP contribution in [0.2, 0.25) is 0 Å². The molecule has 0 radical (unpaired) electrons. The number of esters is 1. The highest BCUT2D eigenvalue weighted by atomic mass is 32.1. The Morgan fingerprint density at radius 3 is 2.89 bits per heavy atom. The Kier molecular flexibility index (Phi) is 6.44. The molecular formula is C12H17NO5S. The van der Waals surface area contributed by atoms with Crippen LogP contribution in [0.15, 0.2) is 12.1 Å². The Hall–Kier alpha value is -1.47. The Morgan fingerprint density at radius 1 is 1.58 bits per heavy atom. The molecular weight excluding hydrogens is 270 g/mol. The molecule has 0 spiro atoms. The molecule has 19 heavy (non-hydrogen) atoms. The maximum absolute atomic E-state index is 11.3. The molecule has 0 saturated carbocycles. The third-order valence-corrected chi connectivity index (χ3v) is 3.64. The fourth-order valence-electron chi connectivity index (χ4n) is 1.42. The molecule has 1 aromatic rings. The van der Waals surface area contributed by atoms with Crippen LogP contribution in [0, 0.1) is 10.1 Å². The number of nitrogens with zero attached hydrogens (tertiary/aromatic N) is 1. The van der Waals surface area contributed by atoms with Gasteiger partial charge in [-0.2, -0.15) is 0 Å². The van der Waals surface area contributed by atoms with E-state index in [1.54, 1.807) is 0 Å². The van der Waals surface area contributed by atoms with Crippen molar-refractivity contribution in [3.63, 3.8) is 0 Å². The number of ether oxygens (including phenoxy) is 1. The summed E-state index contributed by atoms with van der Waals surface area (Å²) in [5, 5.41) is 20.3. The number of aliphatic hydroxyl groups is 1. The molecule has 0 aromatic carbocycles. The van der Waals surface area contributed by atoms with Gasteiger partial charge in [-0.05, 0) is 18.9 Å². The van der Waals surface area contributed by atoms with E-state index in [1.165, 1.54) is 12.1 Å². The van der Waals surface area contributed by atoms with Gasteiger partial charge in [0.2, 0.25) is 0 Å². The molecule has 1 atom stereocenters. The third-order valence-electron chi connectivity index (χ3n) is 2.50. The van der Waals surface area contributed by atoms with Crippen molar-refractivity contribution in [3.8, 4) is 0 Å². The van der Waals surface area contributed by atoms with Crippen LogP contribution in [-0.4, -0.2) is 22.6 Å². The van der Waals surface area contributed by atoms with E-state index in [0.29, 0.717) is 11.5 Å². The number of carbonyl (C=O) groups excluding carboxylic acids is 1. The normalized spacial score (nSPS) is 12.1. The average Bonchev–Trinajstić information content (AvgIpc) is 2.86. The number of unbranched alkanes of at least 4 members (excludes halogenated alkanes) is 1. The van der Waals surface area contributed by atoms with E-state index < -0.39 is 11.0 Å². The first-order chi connectivity index (χ1) is 9.04. The molecule has 1 aromatic heterocycles. The van der Waals surface area contributed by atoms with Crippen LogP contribution in [0.4, 0.5) is 5.00 Å². The summed E-state index contributed by atoms with van der Waals surface area (Å²) in [6.45, 7) is 2.40. The van der Waals surface area contributed by atoms with Crippen molar-refractivity contribution in [2.24, 2.45) is 0 Å². The molecule has 0 aliphatic carbocycles. The number of thiophene rings is 1. The van der Waals surface area contributed by atoms with Gasteiger partial charge >= 0.3 is 11.0 Å². The van der Waals surface area contributed by atoms with Gasteiger partial charge in [-0.15, -0.1) is 0 Å². The molecule has 1 unspecified atom stereocenters. The quantitative estimate of drug-likeness (QED) is 0.343. The minimum atomic E-state index is -0.863. The largest absolute Gasteiger partial charge is 0.466 e. The Labute approximate surface area is 115 Å². The highest BCUT2D eigenvalue weighted by Crippen LogP contribution is 2.30. The van der Waals surface area contributed by atoms with Gasteiger partial charge in [0.15, 0.2) is 0 Å². The van der Waals surface area contributed by atoms with Gasteiger partial charge < -0.3 is 9.84 Å². The van der Waals surface area contributed by atoms with Gasteiger partial charge in [0.25, 0.3) is 0 Å². The van der Waals surface area contributed by atoms with Crippen molar-refractivity contribution in [1.29, 1.82) is 0 Å². The van der Waals surface area contributed by atoms with E-state index in [0.717, 1.165) is 24.2 Å². The average molecular weight is 287 g/mol. The fraction of sp³-hybridized carbons (Fsp3) is 0.583. The second-order valence-electron chi connectivity index (χ2n) is 4.06. The molecule has 7 heteroatoms. The van der Waals surface area contributed by atoms with E-state index in [9.17, 15) is 20.0 Å². The standard InChI is InChI=1S/C12H17NO5S/c1-2-3-8-18-12(15)7-4-9(14)10-5-6-11(19-10)13(16)17/h5-6,9,14H,2-4,7-8H2,1H3. The van der Waals surface area contributed by atoms with Crippen LogP contribution < -0.4 is 0 Å². The summed E-state index contributed by atoms with van der Waals surface area (Å²) < 4.78 is 4.96. The fourth-order valence-corrected chi connectivity index (χ4v) is 2.26. The molecule has 0 aliphatic rings. The van der Waals surface area contributed by atoms with E-state index in [4.69, 9.17) is 4.74 Å². The number of hydrogen-bond donors (Lipinski definition) is 1. The first-order valence-corrected chi connectivity index (χ1v) is 6.94. The van der Waals surface area contributed by atoms with E-state index >= 15 is 0 Å². The molecule has 0 aliphatic heterocycles. The first-order valence-electron chi connectivity index (χ1n) is 6.12. The maximum atomic E-state index is 11.3. The first kappa shape index (κ1) is 15.6. The zero-order valence-corrected chi connectivity index (χ0v) is 11.5. The molecule has 0 amide bonds. The minimum absolute atomic E-state index is 0.0143. The summed E-state index contributed by atoms with van der Waals surface area (Å²) in [4.78, 5) is 21.8. The number of aliphatic hydroxyl groups excluding tert-OH is 1. The number of nitro groups is 1. The minimum Gasteiger partial charge on any atom is -0.466 e. The van der Waals surface area contributed by atoms with Crippen molar-refractivity contribution >= 4 is 22.3 Å². The highest BCUT2D eigenvalue weighted by Gasteiger charge is 2.17. The van der Waals surface area contributed by atoms with E-state index in [-0.39, 0.29) is 23.8 Å². The van der Waals surface area contributed by atoms with Crippen molar-refractivity contribution in [1.82, 2.24) is 0 Å². The van der Waals surface area contributed by atoms with Crippen molar-refractivity contribution in [2.45, 2.75) is 38.7 Å². The van der Waals surface area contributed by atoms with Crippen LogP contribution in [0.3, 0.4) is 0 Å².